The van der Waals surface area contributed by atoms with Gasteiger partial charge >= 0.3 is 5.69 Å². The molecular formula is C16H24N4O3. The van der Waals surface area contributed by atoms with Crippen molar-refractivity contribution in [3.8, 4) is 0 Å². The summed E-state index contributed by atoms with van der Waals surface area (Å²) < 4.78 is 1.37. The first-order chi connectivity index (χ1) is 10.9. The second kappa shape index (κ2) is 7.39. The summed E-state index contributed by atoms with van der Waals surface area (Å²) in [4.78, 5) is 43.2. The van der Waals surface area contributed by atoms with E-state index >= 15 is 0 Å². The van der Waals surface area contributed by atoms with Gasteiger partial charge in [0.05, 0.1) is 0 Å². The summed E-state index contributed by atoms with van der Waals surface area (Å²) >= 11 is 0. The quantitative estimate of drug-likeness (QED) is 0.783. The summed E-state index contributed by atoms with van der Waals surface area (Å²) in [6, 6.07) is 1.78. The van der Waals surface area contributed by atoms with Crippen molar-refractivity contribution in [2.45, 2.75) is 39.7 Å². The smallest absolute Gasteiger partial charge is 0.342 e. The first-order valence-electron chi connectivity index (χ1n) is 7.95. The zero-order chi connectivity index (χ0) is 17.0. The largest absolute Gasteiger partial charge is 0.348 e. The molecule has 0 saturated carbocycles. The number of piperidine rings is 1. The minimum absolute atomic E-state index is 0.0254. The molecule has 0 radical (unpaired) electrons. The van der Waals surface area contributed by atoms with E-state index < -0.39 is 5.69 Å². The molecule has 2 rings (SSSR count). The molecule has 7 heteroatoms. The zero-order valence-corrected chi connectivity index (χ0v) is 14.0. The summed E-state index contributed by atoms with van der Waals surface area (Å²) in [5.41, 5.74) is 0.957. The van der Waals surface area contributed by atoms with Crippen LogP contribution < -0.4 is 5.69 Å². The van der Waals surface area contributed by atoms with Crippen LogP contribution in [0.4, 0.5) is 0 Å². The van der Waals surface area contributed by atoms with E-state index in [0.29, 0.717) is 25.2 Å². The third kappa shape index (κ3) is 4.40. The van der Waals surface area contributed by atoms with Gasteiger partial charge in [-0.3, -0.25) is 14.2 Å². The Kier molecular flexibility index (Phi) is 5.52. The van der Waals surface area contributed by atoms with Crippen molar-refractivity contribution < 1.29 is 9.59 Å². The fourth-order valence-electron chi connectivity index (χ4n) is 2.72. The van der Waals surface area contributed by atoms with E-state index in [4.69, 9.17) is 0 Å². The Morgan fingerprint density at radius 1 is 1.30 bits per heavy atom. The van der Waals surface area contributed by atoms with Gasteiger partial charge in [0.15, 0.2) is 0 Å². The number of aryl methyl sites for hydroxylation is 2. The number of hydrogen-bond acceptors (Lipinski definition) is 4. The maximum absolute atomic E-state index is 12.3. The standard InChI is InChI=1S/C16H24N4O3/c1-12-10-13(2)20(16(23)17-12)11-15(22)18(3)8-9-19-7-5-4-6-14(19)21/h10H,4-9,11H2,1-3H3. The van der Waals surface area contributed by atoms with Crippen LogP contribution in [0.3, 0.4) is 0 Å². The van der Waals surface area contributed by atoms with Crippen molar-refractivity contribution in [2.75, 3.05) is 26.7 Å². The number of nitrogens with zero attached hydrogens (tertiary/aromatic N) is 4. The molecule has 1 aromatic rings. The van der Waals surface area contributed by atoms with E-state index in [0.717, 1.165) is 25.1 Å². The van der Waals surface area contributed by atoms with E-state index in [2.05, 4.69) is 4.98 Å². The van der Waals surface area contributed by atoms with Crippen LogP contribution in [0.25, 0.3) is 0 Å². The van der Waals surface area contributed by atoms with E-state index in [1.165, 1.54) is 4.57 Å². The average Bonchev–Trinajstić information content (AvgIpc) is 2.49. The molecule has 1 saturated heterocycles. The van der Waals surface area contributed by atoms with E-state index in [1.807, 2.05) is 0 Å². The second-order valence-electron chi connectivity index (χ2n) is 6.06. The zero-order valence-electron chi connectivity index (χ0n) is 14.0. The van der Waals surface area contributed by atoms with Gasteiger partial charge in [-0.2, -0.15) is 4.98 Å². The van der Waals surface area contributed by atoms with Gasteiger partial charge in [-0.1, -0.05) is 0 Å². The van der Waals surface area contributed by atoms with Gasteiger partial charge in [0.2, 0.25) is 11.8 Å². The summed E-state index contributed by atoms with van der Waals surface area (Å²) in [6.07, 6.45) is 2.57. The summed E-state index contributed by atoms with van der Waals surface area (Å²) in [5.74, 6) is -0.00258. The molecule has 2 heterocycles. The molecule has 126 valence electrons. The number of rotatable bonds is 5. The second-order valence-corrected chi connectivity index (χ2v) is 6.06. The first-order valence-corrected chi connectivity index (χ1v) is 7.95. The molecule has 0 bridgehead atoms. The van der Waals surface area contributed by atoms with Gasteiger partial charge in [-0.15, -0.1) is 0 Å². The summed E-state index contributed by atoms with van der Waals surface area (Å²) in [5, 5.41) is 0. The van der Waals surface area contributed by atoms with Crippen molar-refractivity contribution in [1.29, 1.82) is 0 Å². The van der Waals surface area contributed by atoms with Crippen LogP contribution in [-0.4, -0.2) is 57.8 Å². The Labute approximate surface area is 135 Å². The van der Waals surface area contributed by atoms with Crippen LogP contribution in [0.2, 0.25) is 0 Å². The molecule has 1 aliphatic rings. The van der Waals surface area contributed by atoms with Crippen molar-refractivity contribution in [1.82, 2.24) is 19.4 Å². The van der Waals surface area contributed by atoms with Crippen LogP contribution in [0, 0.1) is 13.8 Å². The molecule has 0 spiro atoms. The van der Waals surface area contributed by atoms with Crippen molar-refractivity contribution in [3.05, 3.63) is 27.9 Å². The predicted octanol–water partition coefficient (Wildman–Crippen LogP) is 0.331. The number of carbonyl (C=O) groups is 2. The van der Waals surface area contributed by atoms with Gasteiger partial charge in [-0.05, 0) is 32.8 Å². The Bertz CT molecular complexity index is 653. The maximum Gasteiger partial charge on any atom is 0.348 e. The van der Waals surface area contributed by atoms with Crippen molar-refractivity contribution in [3.63, 3.8) is 0 Å². The number of hydrogen-bond donors (Lipinski definition) is 0. The lowest BCUT2D eigenvalue weighted by Crippen LogP contribution is -2.43. The molecule has 0 unspecified atom stereocenters. The molecule has 1 aliphatic heterocycles. The number of likely N-dealkylation sites (tertiary alicyclic amines) is 1. The molecule has 0 N–H and O–H groups in total. The predicted molar refractivity (Wildman–Crippen MR) is 86.0 cm³/mol. The number of carbonyl (C=O) groups excluding carboxylic acids is 2. The molecular weight excluding hydrogens is 296 g/mol. The maximum atomic E-state index is 12.3. The number of likely N-dealkylation sites (N-methyl/N-ethyl adjacent to an activating group) is 1. The lowest BCUT2D eigenvalue weighted by Gasteiger charge is -2.29. The van der Waals surface area contributed by atoms with E-state index in [-0.39, 0.29) is 18.4 Å². The normalized spacial score (nSPS) is 14.9. The number of aromatic nitrogens is 2. The van der Waals surface area contributed by atoms with Gasteiger partial charge < -0.3 is 9.80 Å². The minimum Gasteiger partial charge on any atom is -0.342 e. The van der Waals surface area contributed by atoms with Crippen LogP contribution in [-0.2, 0) is 16.1 Å². The van der Waals surface area contributed by atoms with Gasteiger partial charge in [0.1, 0.15) is 6.54 Å². The Hall–Kier alpha value is -2.18. The topological polar surface area (TPSA) is 75.5 Å². The first kappa shape index (κ1) is 17.2. The Morgan fingerprint density at radius 3 is 2.70 bits per heavy atom. The van der Waals surface area contributed by atoms with Gasteiger partial charge in [0.25, 0.3) is 0 Å². The monoisotopic (exact) mass is 320 g/mol. The van der Waals surface area contributed by atoms with Crippen LogP contribution in [0.15, 0.2) is 10.9 Å². The molecule has 7 nitrogen and oxygen atoms in total. The van der Waals surface area contributed by atoms with Gasteiger partial charge in [-0.25, -0.2) is 4.79 Å². The highest BCUT2D eigenvalue weighted by atomic mass is 16.2. The van der Waals surface area contributed by atoms with Crippen LogP contribution in [0.5, 0.6) is 0 Å². The SMILES string of the molecule is Cc1cc(C)n(CC(=O)N(C)CCN2CCCCC2=O)c(=O)n1. The average molecular weight is 320 g/mol. The molecule has 0 aromatic carbocycles. The molecule has 1 aromatic heterocycles. The molecule has 2 amide bonds. The van der Waals surface area contributed by atoms with Crippen molar-refractivity contribution >= 4 is 11.8 Å². The molecule has 0 atom stereocenters. The number of amides is 2. The lowest BCUT2D eigenvalue weighted by molar-refractivity contribution is -0.136. The van der Waals surface area contributed by atoms with E-state index in [1.54, 1.807) is 36.8 Å². The third-order valence-corrected chi connectivity index (χ3v) is 4.19. The highest BCUT2D eigenvalue weighted by Crippen LogP contribution is 2.10. The van der Waals surface area contributed by atoms with Crippen LogP contribution in [0.1, 0.15) is 30.7 Å². The van der Waals surface area contributed by atoms with Crippen molar-refractivity contribution in [2.24, 2.45) is 0 Å². The highest BCUT2D eigenvalue weighted by Gasteiger charge is 2.19. The summed E-state index contributed by atoms with van der Waals surface area (Å²) in [7, 11) is 1.69. The van der Waals surface area contributed by atoms with Gasteiger partial charge in [0, 0.05) is 44.5 Å². The fourth-order valence-corrected chi connectivity index (χ4v) is 2.72. The third-order valence-electron chi connectivity index (χ3n) is 4.19. The fraction of sp³-hybridized carbons (Fsp3) is 0.625. The molecule has 23 heavy (non-hydrogen) atoms. The van der Waals surface area contributed by atoms with E-state index in [9.17, 15) is 14.4 Å². The Morgan fingerprint density at radius 2 is 2.04 bits per heavy atom. The minimum atomic E-state index is -0.407. The van der Waals surface area contributed by atoms with Crippen LogP contribution >= 0.6 is 0 Å². The highest BCUT2D eigenvalue weighted by molar-refractivity contribution is 5.77. The molecule has 0 aliphatic carbocycles. The summed E-state index contributed by atoms with van der Waals surface area (Å²) in [6.45, 7) is 5.29. The molecule has 1 fully saturated rings. The Balaban J connectivity index is 1.93. The lowest BCUT2D eigenvalue weighted by atomic mass is 10.1.